The number of carboxylic acids is 1. The Morgan fingerprint density at radius 3 is 2.90 bits per heavy atom. The van der Waals surface area contributed by atoms with Crippen LogP contribution in [0.3, 0.4) is 0 Å². The molecule has 0 saturated carbocycles. The Kier molecular flexibility index (Phi) is 4.74. The first-order valence-electron chi connectivity index (χ1n) is 6.38. The van der Waals surface area contributed by atoms with E-state index in [2.05, 4.69) is 0 Å². The molecule has 2 rings (SSSR count). The molecular weight excluding hydrogens is 280 g/mol. The molecule has 1 amide bonds. The molecule has 7 heteroatoms. The lowest BCUT2D eigenvalue weighted by molar-refractivity contribution is -0.143. The molecule has 2 atom stereocenters. The second kappa shape index (κ2) is 6.34. The van der Waals surface area contributed by atoms with Crippen LogP contribution in [0.15, 0.2) is 17.5 Å². The van der Waals surface area contributed by atoms with E-state index >= 15 is 0 Å². The number of likely N-dealkylation sites (N-methyl/N-ethyl adjacent to an activating group) is 1. The fraction of sp³-hybridized carbons (Fsp3) is 0.538. The summed E-state index contributed by atoms with van der Waals surface area (Å²) in [6.45, 7) is 0.774. The average molecular weight is 298 g/mol. The molecule has 2 N–H and O–H groups in total. The minimum atomic E-state index is -0.991. The minimum absolute atomic E-state index is 0.0237. The summed E-state index contributed by atoms with van der Waals surface area (Å²) in [6.07, 6.45) is -0.497. The maximum Gasteiger partial charge on any atom is 0.321 e. The number of likely N-dealkylation sites (tertiary alicyclic amines) is 1. The SMILES string of the molecule is CN(Cc1cccs1)C(=O)CN1CC(O)CC1C(=O)O. The summed E-state index contributed by atoms with van der Waals surface area (Å²) < 4.78 is 0. The number of thiophene rings is 1. The topological polar surface area (TPSA) is 81.1 Å². The molecule has 1 saturated heterocycles. The van der Waals surface area contributed by atoms with E-state index in [1.807, 2.05) is 17.5 Å². The van der Waals surface area contributed by atoms with E-state index in [4.69, 9.17) is 5.11 Å². The van der Waals surface area contributed by atoms with Crippen LogP contribution in [-0.4, -0.2) is 64.2 Å². The second-order valence-corrected chi connectivity index (χ2v) is 6.03. The Bertz CT molecular complexity index is 477. The Hall–Kier alpha value is -1.44. The van der Waals surface area contributed by atoms with E-state index < -0.39 is 18.1 Å². The zero-order chi connectivity index (χ0) is 14.7. The number of aliphatic hydroxyl groups is 1. The van der Waals surface area contributed by atoms with Gasteiger partial charge in [-0.3, -0.25) is 14.5 Å². The molecule has 1 aromatic heterocycles. The molecule has 0 radical (unpaired) electrons. The summed E-state index contributed by atoms with van der Waals surface area (Å²) in [5.41, 5.74) is 0. The molecule has 0 aromatic carbocycles. The fourth-order valence-electron chi connectivity index (χ4n) is 2.33. The number of nitrogens with zero attached hydrogens (tertiary/aromatic N) is 2. The van der Waals surface area contributed by atoms with Gasteiger partial charge in [-0.05, 0) is 11.4 Å². The Balaban J connectivity index is 1.91. The number of carboxylic acid groups (broad SMARTS) is 1. The van der Waals surface area contributed by atoms with Crippen molar-refractivity contribution in [2.75, 3.05) is 20.1 Å². The number of aliphatic carboxylic acids is 1. The molecule has 0 aliphatic carbocycles. The molecule has 1 aliphatic heterocycles. The van der Waals surface area contributed by atoms with Crippen molar-refractivity contribution in [2.45, 2.75) is 25.1 Å². The fourth-order valence-corrected chi connectivity index (χ4v) is 3.09. The third-order valence-electron chi connectivity index (χ3n) is 3.40. The van der Waals surface area contributed by atoms with E-state index in [0.717, 1.165) is 4.88 Å². The van der Waals surface area contributed by atoms with E-state index in [-0.39, 0.29) is 25.4 Å². The number of β-amino-alcohol motifs (C(OH)–C–C–N with tert-alkyl or cyclic N) is 1. The molecule has 0 spiro atoms. The molecular formula is C13H18N2O4S. The van der Waals surface area contributed by atoms with Gasteiger partial charge in [0.2, 0.25) is 5.91 Å². The van der Waals surface area contributed by atoms with Crippen molar-refractivity contribution in [3.05, 3.63) is 22.4 Å². The summed E-state index contributed by atoms with van der Waals surface area (Å²) in [5, 5.41) is 20.6. The van der Waals surface area contributed by atoms with Gasteiger partial charge in [-0.25, -0.2) is 0 Å². The first-order chi connectivity index (χ1) is 9.47. The molecule has 1 aromatic rings. The monoisotopic (exact) mass is 298 g/mol. The highest BCUT2D eigenvalue weighted by Crippen LogP contribution is 2.18. The number of aliphatic hydroxyl groups excluding tert-OH is 1. The number of rotatable bonds is 5. The van der Waals surface area contributed by atoms with Crippen LogP contribution in [0.5, 0.6) is 0 Å². The van der Waals surface area contributed by atoms with Crippen molar-refractivity contribution in [3.8, 4) is 0 Å². The summed E-state index contributed by atoms with van der Waals surface area (Å²) in [6, 6.07) is 3.10. The van der Waals surface area contributed by atoms with Crippen molar-refractivity contribution in [3.63, 3.8) is 0 Å². The van der Waals surface area contributed by atoms with Crippen LogP contribution in [0.25, 0.3) is 0 Å². The van der Waals surface area contributed by atoms with Gasteiger partial charge >= 0.3 is 5.97 Å². The third kappa shape index (κ3) is 3.56. The standard InChI is InChI=1S/C13H18N2O4S/c1-14(7-10-3-2-4-20-10)12(17)8-15-6-9(16)5-11(15)13(18)19/h2-4,9,11,16H,5-8H2,1H3,(H,18,19). The van der Waals surface area contributed by atoms with Gasteiger partial charge in [0.1, 0.15) is 6.04 Å². The number of carbonyl (C=O) groups excluding carboxylic acids is 1. The van der Waals surface area contributed by atoms with Crippen LogP contribution >= 0.6 is 11.3 Å². The number of hydrogen-bond acceptors (Lipinski definition) is 5. The van der Waals surface area contributed by atoms with Crippen LogP contribution in [0.2, 0.25) is 0 Å². The molecule has 1 fully saturated rings. The highest BCUT2D eigenvalue weighted by atomic mass is 32.1. The highest BCUT2D eigenvalue weighted by molar-refractivity contribution is 7.09. The van der Waals surface area contributed by atoms with Crippen LogP contribution in [0.1, 0.15) is 11.3 Å². The average Bonchev–Trinajstić information content (AvgIpc) is 2.98. The first-order valence-corrected chi connectivity index (χ1v) is 7.26. The smallest absolute Gasteiger partial charge is 0.321 e. The molecule has 2 heterocycles. The second-order valence-electron chi connectivity index (χ2n) is 5.00. The summed E-state index contributed by atoms with van der Waals surface area (Å²) in [7, 11) is 1.70. The Morgan fingerprint density at radius 2 is 2.30 bits per heavy atom. The normalized spacial score (nSPS) is 22.9. The summed E-state index contributed by atoms with van der Waals surface area (Å²) in [5.74, 6) is -1.13. The van der Waals surface area contributed by atoms with Crippen LogP contribution in [-0.2, 0) is 16.1 Å². The van der Waals surface area contributed by atoms with Crippen molar-refractivity contribution in [2.24, 2.45) is 0 Å². The molecule has 20 heavy (non-hydrogen) atoms. The van der Waals surface area contributed by atoms with Crippen LogP contribution < -0.4 is 0 Å². The molecule has 110 valence electrons. The molecule has 6 nitrogen and oxygen atoms in total. The van der Waals surface area contributed by atoms with E-state index in [9.17, 15) is 14.7 Å². The van der Waals surface area contributed by atoms with Crippen LogP contribution in [0, 0.1) is 0 Å². The highest BCUT2D eigenvalue weighted by Gasteiger charge is 2.37. The Morgan fingerprint density at radius 1 is 1.55 bits per heavy atom. The maximum absolute atomic E-state index is 12.1. The third-order valence-corrected chi connectivity index (χ3v) is 4.26. The predicted octanol–water partition coefficient (Wildman–Crippen LogP) is 0.226. The van der Waals surface area contributed by atoms with Gasteiger partial charge in [0, 0.05) is 24.9 Å². The minimum Gasteiger partial charge on any atom is -0.480 e. The van der Waals surface area contributed by atoms with E-state index in [1.165, 1.54) is 4.90 Å². The van der Waals surface area contributed by atoms with Gasteiger partial charge in [-0.15, -0.1) is 11.3 Å². The van der Waals surface area contributed by atoms with Gasteiger partial charge in [-0.2, -0.15) is 0 Å². The van der Waals surface area contributed by atoms with Gasteiger partial charge in [0.15, 0.2) is 0 Å². The maximum atomic E-state index is 12.1. The molecule has 2 unspecified atom stereocenters. The van der Waals surface area contributed by atoms with Gasteiger partial charge < -0.3 is 15.1 Å². The lowest BCUT2D eigenvalue weighted by Crippen LogP contribution is -2.43. The van der Waals surface area contributed by atoms with Gasteiger partial charge in [-0.1, -0.05) is 6.07 Å². The number of carbonyl (C=O) groups is 2. The zero-order valence-electron chi connectivity index (χ0n) is 11.2. The van der Waals surface area contributed by atoms with Gasteiger partial charge in [0.25, 0.3) is 0 Å². The first kappa shape index (κ1) is 15.0. The summed E-state index contributed by atoms with van der Waals surface area (Å²) in [4.78, 5) is 27.4. The molecule has 1 aliphatic rings. The number of amides is 1. The zero-order valence-corrected chi connectivity index (χ0v) is 12.0. The quantitative estimate of drug-likeness (QED) is 0.813. The van der Waals surface area contributed by atoms with Crippen LogP contribution in [0.4, 0.5) is 0 Å². The van der Waals surface area contributed by atoms with Crippen molar-refractivity contribution in [1.29, 1.82) is 0 Å². The van der Waals surface area contributed by atoms with Crippen molar-refractivity contribution < 1.29 is 19.8 Å². The van der Waals surface area contributed by atoms with E-state index in [1.54, 1.807) is 23.3 Å². The number of hydrogen-bond donors (Lipinski definition) is 2. The molecule has 0 bridgehead atoms. The largest absolute Gasteiger partial charge is 0.480 e. The lowest BCUT2D eigenvalue weighted by atomic mass is 10.2. The van der Waals surface area contributed by atoms with Crippen molar-refractivity contribution >= 4 is 23.2 Å². The predicted molar refractivity (Wildman–Crippen MR) is 74.4 cm³/mol. The summed E-state index contributed by atoms with van der Waals surface area (Å²) >= 11 is 1.58. The van der Waals surface area contributed by atoms with Crippen molar-refractivity contribution in [1.82, 2.24) is 9.80 Å². The lowest BCUT2D eigenvalue weighted by Gasteiger charge is -2.23. The van der Waals surface area contributed by atoms with Gasteiger partial charge in [0.05, 0.1) is 19.2 Å². The Labute approximate surface area is 121 Å². The van der Waals surface area contributed by atoms with E-state index in [0.29, 0.717) is 6.54 Å².